The minimum absolute atomic E-state index is 0.194. The van der Waals surface area contributed by atoms with Gasteiger partial charge < -0.3 is 14.8 Å². The molecular weight excluding hydrogens is 530 g/mol. The van der Waals surface area contributed by atoms with Crippen LogP contribution in [-0.4, -0.2) is 22.8 Å². The number of aryl methyl sites for hydroxylation is 1. The summed E-state index contributed by atoms with van der Waals surface area (Å²) in [6, 6.07) is 20.6. The molecule has 0 aliphatic heterocycles. The molecule has 0 saturated carbocycles. The van der Waals surface area contributed by atoms with E-state index in [2.05, 4.69) is 26.3 Å². The number of nitrogens with zero attached hydrogens (tertiary/aromatic N) is 2. The summed E-state index contributed by atoms with van der Waals surface area (Å²) in [5.74, 6) is 1.21. The Balaban J connectivity index is 1.41. The molecule has 35 heavy (non-hydrogen) atoms. The lowest BCUT2D eigenvalue weighted by Gasteiger charge is -2.10. The van der Waals surface area contributed by atoms with Gasteiger partial charge in [0.05, 0.1) is 35.8 Å². The summed E-state index contributed by atoms with van der Waals surface area (Å²) in [4.78, 5) is 12.9. The monoisotopic (exact) mass is 553 g/mol. The van der Waals surface area contributed by atoms with Crippen molar-refractivity contribution in [1.29, 1.82) is 0 Å². The van der Waals surface area contributed by atoms with Crippen LogP contribution in [0.5, 0.6) is 11.5 Å². The lowest BCUT2D eigenvalue weighted by Crippen LogP contribution is -2.13. The highest BCUT2D eigenvalue weighted by Crippen LogP contribution is 2.28. The fraction of sp³-hybridized carbons (Fsp3) is 0.185. The second kappa shape index (κ2) is 11.0. The smallest absolute Gasteiger partial charge is 0.255 e. The zero-order chi connectivity index (χ0) is 24.9. The van der Waals surface area contributed by atoms with Gasteiger partial charge in [0, 0.05) is 10.0 Å². The molecule has 4 rings (SSSR count). The Bertz CT molecular complexity index is 1350. The van der Waals surface area contributed by atoms with E-state index in [4.69, 9.17) is 21.1 Å². The topological polar surface area (TPSA) is 65.4 Å². The van der Waals surface area contributed by atoms with Crippen LogP contribution in [0.25, 0.3) is 0 Å². The SMILES string of the molecule is COc1cccc(Cn2nc(C)c(NC(=O)c3ccc(COc4ccc(Br)cc4Cl)cc3)c2C)c1. The summed E-state index contributed by atoms with van der Waals surface area (Å²) in [5, 5.41) is 8.17. The molecule has 6 nitrogen and oxygen atoms in total. The van der Waals surface area contributed by atoms with E-state index in [-0.39, 0.29) is 5.91 Å². The van der Waals surface area contributed by atoms with Gasteiger partial charge in [-0.05, 0) is 67.4 Å². The standard InChI is InChI=1S/C27H25BrClN3O3/c1-17-26(18(2)32(31-17)15-20-5-4-6-23(13-20)34-3)30-27(33)21-9-7-19(8-10-21)16-35-25-12-11-22(28)14-24(25)29/h4-14H,15-16H2,1-3H3,(H,30,33). The van der Waals surface area contributed by atoms with Crippen molar-refractivity contribution in [2.24, 2.45) is 0 Å². The molecule has 0 fully saturated rings. The van der Waals surface area contributed by atoms with Crippen LogP contribution < -0.4 is 14.8 Å². The van der Waals surface area contributed by atoms with Crippen molar-refractivity contribution in [3.05, 3.63) is 104 Å². The van der Waals surface area contributed by atoms with Gasteiger partial charge in [0.1, 0.15) is 18.1 Å². The highest BCUT2D eigenvalue weighted by atomic mass is 79.9. The predicted molar refractivity (Wildman–Crippen MR) is 142 cm³/mol. The number of methoxy groups -OCH3 is 1. The number of benzene rings is 3. The molecule has 0 radical (unpaired) electrons. The molecule has 1 aromatic heterocycles. The maximum absolute atomic E-state index is 12.9. The number of hydrogen-bond acceptors (Lipinski definition) is 4. The van der Waals surface area contributed by atoms with Crippen LogP contribution >= 0.6 is 27.5 Å². The van der Waals surface area contributed by atoms with Crippen molar-refractivity contribution in [3.8, 4) is 11.5 Å². The number of nitrogens with one attached hydrogen (secondary N) is 1. The number of hydrogen-bond donors (Lipinski definition) is 1. The fourth-order valence-electron chi connectivity index (χ4n) is 3.67. The molecule has 0 aliphatic carbocycles. The Morgan fingerprint density at radius 3 is 2.54 bits per heavy atom. The van der Waals surface area contributed by atoms with Crippen LogP contribution in [0.15, 0.2) is 71.2 Å². The van der Waals surface area contributed by atoms with E-state index in [0.717, 1.165) is 38.4 Å². The molecule has 1 heterocycles. The highest BCUT2D eigenvalue weighted by Gasteiger charge is 2.16. The van der Waals surface area contributed by atoms with Crippen LogP contribution in [0.1, 0.15) is 32.9 Å². The molecule has 1 N–H and O–H groups in total. The van der Waals surface area contributed by atoms with Crippen LogP contribution in [0, 0.1) is 13.8 Å². The first-order valence-corrected chi connectivity index (χ1v) is 12.2. The van der Waals surface area contributed by atoms with Gasteiger partial charge in [-0.2, -0.15) is 5.10 Å². The van der Waals surface area contributed by atoms with Gasteiger partial charge in [-0.15, -0.1) is 0 Å². The summed E-state index contributed by atoms with van der Waals surface area (Å²) >= 11 is 9.59. The molecule has 8 heteroatoms. The number of amides is 1. The summed E-state index contributed by atoms with van der Waals surface area (Å²) in [7, 11) is 1.65. The average molecular weight is 555 g/mol. The summed E-state index contributed by atoms with van der Waals surface area (Å²) in [5.41, 5.74) is 4.91. The van der Waals surface area contributed by atoms with Crippen LogP contribution in [0.2, 0.25) is 5.02 Å². The molecule has 0 aliphatic rings. The van der Waals surface area contributed by atoms with E-state index in [9.17, 15) is 4.79 Å². The van der Waals surface area contributed by atoms with Gasteiger partial charge in [0.2, 0.25) is 0 Å². The predicted octanol–water partition coefficient (Wildman–Crippen LogP) is 6.80. The Labute approximate surface area is 218 Å². The summed E-state index contributed by atoms with van der Waals surface area (Å²) in [6.07, 6.45) is 0. The molecular formula is C27H25BrClN3O3. The molecule has 0 unspecified atom stereocenters. The summed E-state index contributed by atoms with van der Waals surface area (Å²) in [6.45, 7) is 4.76. The number of carbonyl (C=O) groups is 1. The number of rotatable bonds is 8. The molecule has 0 saturated heterocycles. The number of carbonyl (C=O) groups excluding carboxylic acids is 1. The van der Waals surface area contributed by atoms with Crippen LogP contribution in [-0.2, 0) is 13.2 Å². The normalized spacial score (nSPS) is 10.8. The Morgan fingerprint density at radius 2 is 1.83 bits per heavy atom. The third kappa shape index (κ3) is 6.05. The molecule has 0 atom stereocenters. The van der Waals surface area contributed by atoms with E-state index < -0.39 is 0 Å². The van der Waals surface area contributed by atoms with Gasteiger partial charge >= 0.3 is 0 Å². The number of anilines is 1. The maximum Gasteiger partial charge on any atom is 0.255 e. The first-order chi connectivity index (χ1) is 16.8. The van der Waals surface area contributed by atoms with Crippen molar-refractivity contribution >= 4 is 39.1 Å². The number of ether oxygens (including phenoxy) is 2. The van der Waals surface area contributed by atoms with E-state index >= 15 is 0 Å². The molecule has 0 bridgehead atoms. The third-order valence-corrected chi connectivity index (χ3v) is 6.38. The molecule has 3 aromatic carbocycles. The van der Waals surface area contributed by atoms with Crippen molar-refractivity contribution in [2.45, 2.75) is 27.0 Å². The highest BCUT2D eigenvalue weighted by molar-refractivity contribution is 9.10. The molecule has 4 aromatic rings. The van der Waals surface area contributed by atoms with Crippen molar-refractivity contribution in [3.63, 3.8) is 0 Å². The third-order valence-electron chi connectivity index (χ3n) is 5.59. The molecule has 180 valence electrons. The van der Waals surface area contributed by atoms with E-state index in [1.165, 1.54) is 0 Å². The lowest BCUT2D eigenvalue weighted by molar-refractivity contribution is 0.102. The van der Waals surface area contributed by atoms with E-state index in [0.29, 0.717) is 29.5 Å². The number of halogens is 2. The Morgan fingerprint density at radius 1 is 1.06 bits per heavy atom. The fourth-order valence-corrected chi connectivity index (χ4v) is 4.39. The average Bonchev–Trinajstić information content (AvgIpc) is 3.11. The van der Waals surface area contributed by atoms with Gasteiger partial charge in [0.25, 0.3) is 5.91 Å². The maximum atomic E-state index is 12.9. The molecule has 1 amide bonds. The lowest BCUT2D eigenvalue weighted by atomic mass is 10.1. The minimum atomic E-state index is -0.194. The second-order valence-electron chi connectivity index (χ2n) is 8.07. The van der Waals surface area contributed by atoms with Crippen molar-refractivity contribution < 1.29 is 14.3 Å². The van der Waals surface area contributed by atoms with E-state index in [1.54, 1.807) is 25.3 Å². The van der Waals surface area contributed by atoms with Crippen LogP contribution in [0.4, 0.5) is 5.69 Å². The largest absolute Gasteiger partial charge is 0.497 e. The minimum Gasteiger partial charge on any atom is -0.497 e. The Kier molecular flexibility index (Phi) is 7.78. The van der Waals surface area contributed by atoms with Gasteiger partial charge in [-0.1, -0.05) is 51.8 Å². The Hall–Kier alpha value is -3.29. The van der Waals surface area contributed by atoms with Crippen molar-refractivity contribution in [2.75, 3.05) is 12.4 Å². The summed E-state index contributed by atoms with van der Waals surface area (Å²) < 4.78 is 13.9. The van der Waals surface area contributed by atoms with Crippen molar-refractivity contribution in [1.82, 2.24) is 9.78 Å². The van der Waals surface area contributed by atoms with Crippen LogP contribution in [0.3, 0.4) is 0 Å². The zero-order valence-electron chi connectivity index (χ0n) is 19.6. The van der Waals surface area contributed by atoms with Gasteiger partial charge in [-0.25, -0.2) is 0 Å². The zero-order valence-corrected chi connectivity index (χ0v) is 22.0. The molecule has 0 spiro atoms. The first kappa shape index (κ1) is 24.8. The van der Waals surface area contributed by atoms with Gasteiger partial charge in [0.15, 0.2) is 0 Å². The second-order valence-corrected chi connectivity index (χ2v) is 9.39. The first-order valence-electron chi connectivity index (χ1n) is 11.0. The number of aromatic nitrogens is 2. The van der Waals surface area contributed by atoms with Gasteiger partial charge in [-0.3, -0.25) is 9.48 Å². The quantitative estimate of drug-likeness (QED) is 0.260. The van der Waals surface area contributed by atoms with E-state index in [1.807, 2.05) is 67.1 Å².